The van der Waals surface area contributed by atoms with Crippen LogP contribution in [0.15, 0.2) is 0 Å². The van der Waals surface area contributed by atoms with Crippen molar-refractivity contribution in [3.63, 3.8) is 0 Å². The largest absolute Gasteiger partial charge is 0.383 e. The zero-order valence-corrected chi connectivity index (χ0v) is 12.4. The van der Waals surface area contributed by atoms with Gasteiger partial charge in [-0.25, -0.2) is 0 Å². The molecule has 2 atom stereocenters. The van der Waals surface area contributed by atoms with Crippen molar-refractivity contribution in [2.75, 3.05) is 26.8 Å². The maximum Gasteiger partial charge on any atom is 0.225 e. The van der Waals surface area contributed by atoms with Gasteiger partial charge in [-0.15, -0.1) is 0 Å². The second-order valence-corrected chi connectivity index (χ2v) is 5.73. The average Bonchev–Trinajstić information content (AvgIpc) is 2.71. The summed E-state index contributed by atoms with van der Waals surface area (Å²) in [4.78, 5) is 25.6. The van der Waals surface area contributed by atoms with Gasteiger partial charge in [0.1, 0.15) is 0 Å². The lowest BCUT2D eigenvalue weighted by Crippen LogP contribution is -2.39. The second-order valence-electron chi connectivity index (χ2n) is 5.73. The van der Waals surface area contributed by atoms with E-state index in [1.807, 2.05) is 6.92 Å². The van der Waals surface area contributed by atoms with Crippen molar-refractivity contribution >= 4 is 11.8 Å². The summed E-state index contributed by atoms with van der Waals surface area (Å²) in [5.41, 5.74) is 0. The fourth-order valence-corrected chi connectivity index (χ4v) is 2.29. The minimum Gasteiger partial charge on any atom is -0.383 e. The number of nitrogens with one attached hydrogen (secondary N) is 1. The number of rotatable bonds is 7. The normalized spacial score (nSPS) is 21.0. The fourth-order valence-electron chi connectivity index (χ4n) is 2.29. The van der Waals surface area contributed by atoms with E-state index in [2.05, 4.69) is 19.2 Å². The lowest BCUT2D eigenvalue weighted by molar-refractivity contribution is -0.130. The minimum absolute atomic E-state index is 0.00103. The van der Waals surface area contributed by atoms with Crippen LogP contribution in [0.25, 0.3) is 0 Å². The summed E-state index contributed by atoms with van der Waals surface area (Å²) >= 11 is 0. The number of carbonyl (C=O) groups excluding carboxylic acids is 2. The molecular formula is C14H26N2O3. The molecule has 110 valence electrons. The standard InChI is InChI=1S/C14H26N2O3/c1-10(2)5-6-15-14(18)12-7-13(17)16(8-12)11(3)9-19-4/h10-12H,5-9H2,1-4H3,(H,15,18)/t11-,12+/m1/s1. The Kier molecular flexibility index (Phi) is 6.28. The fraction of sp³-hybridized carbons (Fsp3) is 0.857. The Labute approximate surface area is 115 Å². The molecule has 1 saturated heterocycles. The van der Waals surface area contributed by atoms with E-state index in [-0.39, 0.29) is 23.8 Å². The molecule has 0 unspecified atom stereocenters. The molecule has 5 nitrogen and oxygen atoms in total. The van der Waals surface area contributed by atoms with Gasteiger partial charge in [0.25, 0.3) is 0 Å². The predicted molar refractivity (Wildman–Crippen MR) is 73.6 cm³/mol. The third-order valence-corrected chi connectivity index (χ3v) is 3.49. The highest BCUT2D eigenvalue weighted by Gasteiger charge is 2.36. The van der Waals surface area contributed by atoms with E-state index in [4.69, 9.17) is 4.74 Å². The van der Waals surface area contributed by atoms with Gasteiger partial charge < -0.3 is 15.0 Å². The molecule has 0 bridgehead atoms. The van der Waals surface area contributed by atoms with Crippen LogP contribution in [0.4, 0.5) is 0 Å². The highest BCUT2D eigenvalue weighted by Crippen LogP contribution is 2.20. The Bertz CT molecular complexity index is 318. The van der Waals surface area contributed by atoms with Gasteiger partial charge in [-0.1, -0.05) is 13.8 Å². The summed E-state index contributed by atoms with van der Waals surface area (Å²) in [6.45, 7) is 7.90. The molecule has 0 saturated carbocycles. The highest BCUT2D eigenvalue weighted by molar-refractivity contribution is 5.89. The van der Waals surface area contributed by atoms with Crippen LogP contribution in [0.2, 0.25) is 0 Å². The monoisotopic (exact) mass is 270 g/mol. The highest BCUT2D eigenvalue weighted by atomic mass is 16.5. The molecule has 1 aliphatic rings. The summed E-state index contributed by atoms with van der Waals surface area (Å²) in [6.07, 6.45) is 1.29. The molecule has 5 heteroatoms. The van der Waals surface area contributed by atoms with Gasteiger partial charge in [0, 0.05) is 26.6 Å². The molecule has 0 aromatic carbocycles. The molecule has 1 N–H and O–H groups in total. The van der Waals surface area contributed by atoms with Crippen molar-refractivity contribution in [2.45, 2.75) is 39.7 Å². The van der Waals surface area contributed by atoms with E-state index in [0.717, 1.165) is 6.42 Å². The minimum atomic E-state index is -0.209. The van der Waals surface area contributed by atoms with Crippen LogP contribution in [-0.2, 0) is 14.3 Å². The first-order valence-electron chi connectivity index (χ1n) is 7.01. The Morgan fingerprint density at radius 2 is 2.16 bits per heavy atom. The molecule has 2 amide bonds. The maximum atomic E-state index is 12.0. The number of carbonyl (C=O) groups is 2. The summed E-state index contributed by atoms with van der Waals surface area (Å²) < 4.78 is 5.06. The first-order chi connectivity index (χ1) is 8.95. The molecule has 0 aromatic rings. The van der Waals surface area contributed by atoms with Crippen molar-refractivity contribution in [1.29, 1.82) is 0 Å². The molecular weight excluding hydrogens is 244 g/mol. The van der Waals surface area contributed by atoms with Crippen molar-refractivity contribution in [2.24, 2.45) is 11.8 Å². The number of likely N-dealkylation sites (tertiary alicyclic amines) is 1. The maximum absolute atomic E-state index is 12.0. The lowest BCUT2D eigenvalue weighted by Gasteiger charge is -2.23. The summed E-state index contributed by atoms with van der Waals surface area (Å²) in [5.74, 6) is 0.414. The molecule has 1 aliphatic heterocycles. The van der Waals surface area contributed by atoms with Gasteiger partial charge >= 0.3 is 0 Å². The van der Waals surface area contributed by atoms with Crippen molar-refractivity contribution in [3.05, 3.63) is 0 Å². The van der Waals surface area contributed by atoms with E-state index in [1.54, 1.807) is 12.0 Å². The van der Waals surface area contributed by atoms with Gasteiger partial charge in [-0.05, 0) is 19.3 Å². The van der Waals surface area contributed by atoms with Crippen molar-refractivity contribution in [3.8, 4) is 0 Å². The summed E-state index contributed by atoms with van der Waals surface area (Å²) in [7, 11) is 1.62. The van der Waals surface area contributed by atoms with E-state index < -0.39 is 0 Å². The van der Waals surface area contributed by atoms with Gasteiger partial charge in [0.15, 0.2) is 0 Å². The first-order valence-corrected chi connectivity index (χ1v) is 7.01. The van der Waals surface area contributed by atoms with Gasteiger partial charge in [-0.2, -0.15) is 0 Å². The molecule has 0 aromatic heterocycles. The van der Waals surface area contributed by atoms with Crippen LogP contribution in [0.1, 0.15) is 33.6 Å². The molecule has 0 aliphatic carbocycles. The Morgan fingerprint density at radius 1 is 1.47 bits per heavy atom. The van der Waals surface area contributed by atoms with Gasteiger partial charge in [0.2, 0.25) is 11.8 Å². The van der Waals surface area contributed by atoms with Crippen LogP contribution >= 0.6 is 0 Å². The summed E-state index contributed by atoms with van der Waals surface area (Å²) in [5, 5.41) is 2.92. The van der Waals surface area contributed by atoms with Crippen LogP contribution in [0, 0.1) is 11.8 Å². The molecule has 0 spiro atoms. The Balaban J connectivity index is 2.40. The number of methoxy groups -OCH3 is 1. The van der Waals surface area contributed by atoms with E-state index in [0.29, 0.717) is 32.0 Å². The number of hydrogen-bond acceptors (Lipinski definition) is 3. The smallest absolute Gasteiger partial charge is 0.225 e. The first kappa shape index (κ1) is 16.0. The molecule has 1 rings (SSSR count). The molecule has 0 radical (unpaired) electrons. The van der Waals surface area contributed by atoms with Crippen LogP contribution in [0.5, 0.6) is 0 Å². The van der Waals surface area contributed by atoms with Crippen LogP contribution in [0.3, 0.4) is 0 Å². The SMILES string of the molecule is COC[C@@H](C)N1C[C@@H](C(=O)NCCC(C)C)CC1=O. The quantitative estimate of drug-likeness (QED) is 0.752. The van der Waals surface area contributed by atoms with Crippen molar-refractivity contribution in [1.82, 2.24) is 10.2 Å². The van der Waals surface area contributed by atoms with Crippen LogP contribution < -0.4 is 5.32 Å². The van der Waals surface area contributed by atoms with E-state index in [1.165, 1.54) is 0 Å². The Morgan fingerprint density at radius 3 is 2.74 bits per heavy atom. The zero-order valence-electron chi connectivity index (χ0n) is 12.4. The van der Waals surface area contributed by atoms with E-state index in [9.17, 15) is 9.59 Å². The third-order valence-electron chi connectivity index (χ3n) is 3.49. The Hall–Kier alpha value is -1.10. The second kappa shape index (κ2) is 7.48. The molecule has 1 fully saturated rings. The lowest BCUT2D eigenvalue weighted by atomic mass is 10.1. The van der Waals surface area contributed by atoms with Crippen LogP contribution in [-0.4, -0.2) is 49.6 Å². The number of nitrogens with zero attached hydrogens (tertiary/aromatic N) is 1. The average molecular weight is 270 g/mol. The molecule has 1 heterocycles. The number of hydrogen-bond donors (Lipinski definition) is 1. The number of ether oxygens (including phenoxy) is 1. The third kappa shape index (κ3) is 4.82. The summed E-state index contributed by atoms with van der Waals surface area (Å²) in [6, 6.07) is 0.0333. The predicted octanol–water partition coefficient (Wildman–Crippen LogP) is 1.03. The van der Waals surface area contributed by atoms with Crippen molar-refractivity contribution < 1.29 is 14.3 Å². The van der Waals surface area contributed by atoms with Gasteiger partial charge in [0.05, 0.1) is 18.6 Å². The number of amides is 2. The van der Waals surface area contributed by atoms with E-state index >= 15 is 0 Å². The van der Waals surface area contributed by atoms with Gasteiger partial charge in [-0.3, -0.25) is 9.59 Å². The topological polar surface area (TPSA) is 58.6 Å². The molecule has 19 heavy (non-hydrogen) atoms. The zero-order chi connectivity index (χ0) is 14.4.